The molecule has 3 nitrogen and oxygen atoms in total. The SMILES string of the molecule is Cc1ccccc1C1CC1NC(N)=NCCC(C)C. The van der Waals surface area contributed by atoms with Crippen molar-refractivity contribution in [1.29, 1.82) is 0 Å². The zero-order chi connectivity index (χ0) is 13.8. The molecule has 2 unspecified atom stereocenters. The molecule has 2 atom stereocenters. The number of hydrogen-bond acceptors (Lipinski definition) is 1. The van der Waals surface area contributed by atoms with Crippen molar-refractivity contribution in [1.82, 2.24) is 5.32 Å². The quantitative estimate of drug-likeness (QED) is 0.631. The van der Waals surface area contributed by atoms with E-state index in [2.05, 4.69) is 55.3 Å². The Labute approximate surface area is 116 Å². The first-order chi connectivity index (χ1) is 9.08. The molecule has 1 saturated carbocycles. The van der Waals surface area contributed by atoms with Gasteiger partial charge in [-0.25, -0.2) is 0 Å². The van der Waals surface area contributed by atoms with Gasteiger partial charge in [0.25, 0.3) is 0 Å². The zero-order valence-electron chi connectivity index (χ0n) is 12.2. The first kappa shape index (κ1) is 13.9. The van der Waals surface area contributed by atoms with Crippen molar-refractivity contribution in [3.05, 3.63) is 35.4 Å². The van der Waals surface area contributed by atoms with E-state index in [0.717, 1.165) is 19.4 Å². The van der Waals surface area contributed by atoms with Crippen molar-refractivity contribution in [3.8, 4) is 0 Å². The van der Waals surface area contributed by atoms with E-state index in [9.17, 15) is 0 Å². The molecule has 0 radical (unpaired) electrons. The smallest absolute Gasteiger partial charge is 0.188 e. The van der Waals surface area contributed by atoms with Crippen molar-refractivity contribution in [3.63, 3.8) is 0 Å². The standard InChI is InChI=1S/C16H25N3/c1-11(2)8-9-18-16(17)19-15-10-14(15)13-7-5-4-6-12(13)3/h4-7,11,14-15H,8-10H2,1-3H3,(H3,17,18,19). The topological polar surface area (TPSA) is 50.4 Å². The van der Waals surface area contributed by atoms with E-state index in [-0.39, 0.29) is 0 Å². The van der Waals surface area contributed by atoms with Crippen LogP contribution in [0.15, 0.2) is 29.3 Å². The molecule has 2 rings (SSSR count). The average molecular weight is 259 g/mol. The van der Waals surface area contributed by atoms with E-state index >= 15 is 0 Å². The van der Waals surface area contributed by atoms with Crippen molar-refractivity contribution in [2.45, 2.75) is 45.6 Å². The van der Waals surface area contributed by atoms with E-state index in [1.807, 2.05) is 0 Å². The van der Waals surface area contributed by atoms with Crippen molar-refractivity contribution < 1.29 is 0 Å². The van der Waals surface area contributed by atoms with Gasteiger partial charge in [-0.05, 0) is 36.8 Å². The van der Waals surface area contributed by atoms with Crippen LogP contribution >= 0.6 is 0 Å². The molecule has 0 spiro atoms. The molecular formula is C16H25N3. The van der Waals surface area contributed by atoms with E-state index in [1.54, 1.807) is 0 Å². The van der Waals surface area contributed by atoms with Crippen LogP contribution in [0.4, 0.5) is 0 Å². The zero-order valence-corrected chi connectivity index (χ0v) is 12.2. The van der Waals surface area contributed by atoms with Crippen LogP contribution in [0.25, 0.3) is 0 Å². The first-order valence-corrected chi connectivity index (χ1v) is 7.20. The van der Waals surface area contributed by atoms with Crippen LogP contribution in [0.2, 0.25) is 0 Å². The Kier molecular flexibility index (Phi) is 4.46. The van der Waals surface area contributed by atoms with E-state index in [4.69, 9.17) is 5.73 Å². The summed E-state index contributed by atoms with van der Waals surface area (Å²) < 4.78 is 0. The van der Waals surface area contributed by atoms with Crippen LogP contribution in [0.5, 0.6) is 0 Å². The van der Waals surface area contributed by atoms with Gasteiger partial charge < -0.3 is 11.1 Å². The fourth-order valence-electron chi connectivity index (χ4n) is 2.38. The summed E-state index contributed by atoms with van der Waals surface area (Å²) in [5.41, 5.74) is 8.73. The van der Waals surface area contributed by atoms with Crippen LogP contribution in [0.1, 0.15) is 43.7 Å². The van der Waals surface area contributed by atoms with Gasteiger partial charge in [-0.1, -0.05) is 38.1 Å². The molecule has 0 heterocycles. The second kappa shape index (κ2) is 6.09. The molecular weight excluding hydrogens is 234 g/mol. The molecule has 1 aromatic carbocycles. The molecule has 3 heteroatoms. The number of benzene rings is 1. The summed E-state index contributed by atoms with van der Waals surface area (Å²) in [4.78, 5) is 4.38. The molecule has 0 saturated heterocycles. The molecule has 1 fully saturated rings. The Hall–Kier alpha value is -1.51. The number of aliphatic imine (C=N–C) groups is 1. The molecule has 0 aromatic heterocycles. The lowest BCUT2D eigenvalue weighted by Crippen LogP contribution is -2.34. The Morgan fingerprint density at radius 1 is 1.42 bits per heavy atom. The number of nitrogens with two attached hydrogens (primary N) is 1. The molecule has 0 bridgehead atoms. The van der Waals surface area contributed by atoms with Crippen LogP contribution in [-0.4, -0.2) is 18.5 Å². The Morgan fingerprint density at radius 2 is 2.16 bits per heavy atom. The van der Waals surface area contributed by atoms with Crippen molar-refractivity contribution >= 4 is 5.96 Å². The number of hydrogen-bond donors (Lipinski definition) is 2. The maximum atomic E-state index is 5.92. The third-order valence-electron chi connectivity index (χ3n) is 3.70. The molecule has 1 aliphatic carbocycles. The third-order valence-corrected chi connectivity index (χ3v) is 3.70. The number of nitrogens with one attached hydrogen (secondary N) is 1. The summed E-state index contributed by atoms with van der Waals surface area (Å²) in [6.07, 6.45) is 2.25. The minimum absolute atomic E-state index is 0.462. The number of nitrogens with zero attached hydrogens (tertiary/aromatic N) is 1. The van der Waals surface area contributed by atoms with Gasteiger partial charge in [-0.3, -0.25) is 4.99 Å². The van der Waals surface area contributed by atoms with Crippen LogP contribution in [0, 0.1) is 12.8 Å². The number of aryl methyl sites for hydroxylation is 1. The fraction of sp³-hybridized carbons (Fsp3) is 0.562. The number of rotatable bonds is 5. The molecule has 104 valence electrons. The fourth-order valence-corrected chi connectivity index (χ4v) is 2.38. The summed E-state index contributed by atoms with van der Waals surface area (Å²) in [5.74, 6) is 1.87. The van der Waals surface area contributed by atoms with Crippen molar-refractivity contribution in [2.24, 2.45) is 16.6 Å². The summed E-state index contributed by atoms with van der Waals surface area (Å²) in [6, 6.07) is 9.05. The minimum Gasteiger partial charge on any atom is -0.370 e. The maximum absolute atomic E-state index is 5.92. The van der Waals surface area contributed by atoms with E-state index in [1.165, 1.54) is 11.1 Å². The highest BCUT2D eigenvalue weighted by molar-refractivity contribution is 5.78. The van der Waals surface area contributed by atoms with Crippen molar-refractivity contribution in [2.75, 3.05) is 6.54 Å². The summed E-state index contributed by atoms with van der Waals surface area (Å²) in [5, 5.41) is 3.33. The lowest BCUT2D eigenvalue weighted by atomic mass is 10.0. The predicted molar refractivity (Wildman–Crippen MR) is 81.4 cm³/mol. The number of guanidine groups is 1. The largest absolute Gasteiger partial charge is 0.370 e. The summed E-state index contributed by atoms with van der Waals surface area (Å²) >= 11 is 0. The first-order valence-electron chi connectivity index (χ1n) is 7.20. The second-order valence-electron chi connectivity index (χ2n) is 5.90. The molecule has 0 aliphatic heterocycles. The van der Waals surface area contributed by atoms with Gasteiger partial charge in [0.2, 0.25) is 0 Å². The van der Waals surface area contributed by atoms with E-state index < -0.39 is 0 Å². The highest BCUT2D eigenvalue weighted by Gasteiger charge is 2.39. The van der Waals surface area contributed by atoms with Crippen LogP contribution in [-0.2, 0) is 0 Å². The van der Waals surface area contributed by atoms with Gasteiger partial charge in [0.05, 0.1) is 0 Å². The second-order valence-corrected chi connectivity index (χ2v) is 5.90. The Balaban J connectivity index is 1.82. The maximum Gasteiger partial charge on any atom is 0.188 e. The molecule has 3 N–H and O–H groups in total. The highest BCUT2D eigenvalue weighted by atomic mass is 15.1. The highest BCUT2D eigenvalue weighted by Crippen LogP contribution is 2.41. The lowest BCUT2D eigenvalue weighted by molar-refractivity contribution is 0.595. The monoisotopic (exact) mass is 259 g/mol. The lowest BCUT2D eigenvalue weighted by Gasteiger charge is -2.07. The van der Waals surface area contributed by atoms with Gasteiger partial charge in [-0.15, -0.1) is 0 Å². The van der Waals surface area contributed by atoms with Crippen LogP contribution < -0.4 is 11.1 Å². The van der Waals surface area contributed by atoms with Gasteiger partial charge in [0, 0.05) is 18.5 Å². The molecule has 19 heavy (non-hydrogen) atoms. The summed E-state index contributed by atoms with van der Waals surface area (Å²) in [6.45, 7) is 7.39. The van der Waals surface area contributed by atoms with Gasteiger partial charge in [-0.2, -0.15) is 0 Å². The Morgan fingerprint density at radius 3 is 2.84 bits per heavy atom. The minimum atomic E-state index is 0.462. The predicted octanol–water partition coefficient (Wildman–Crippen LogP) is 2.80. The van der Waals surface area contributed by atoms with Gasteiger partial charge >= 0.3 is 0 Å². The summed E-state index contributed by atoms with van der Waals surface area (Å²) in [7, 11) is 0. The Bertz CT molecular complexity index is 451. The molecule has 1 aromatic rings. The van der Waals surface area contributed by atoms with Gasteiger partial charge in [0.15, 0.2) is 5.96 Å². The molecule has 0 amide bonds. The average Bonchev–Trinajstić information content (AvgIpc) is 3.08. The van der Waals surface area contributed by atoms with E-state index in [0.29, 0.717) is 23.8 Å². The molecule has 1 aliphatic rings. The normalized spacial score (nSPS) is 22.6. The van der Waals surface area contributed by atoms with Gasteiger partial charge in [0.1, 0.15) is 0 Å². The van der Waals surface area contributed by atoms with Crippen LogP contribution in [0.3, 0.4) is 0 Å². The third kappa shape index (κ3) is 3.98.